The van der Waals surface area contributed by atoms with Crippen LogP contribution in [-0.2, 0) is 13.0 Å². The molecule has 1 aliphatic carbocycles. The summed E-state index contributed by atoms with van der Waals surface area (Å²) in [6.45, 7) is 0.822. The third-order valence-electron chi connectivity index (χ3n) is 3.54. The number of anilines is 1. The van der Waals surface area contributed by atoms with Crippen LogP contribution in [0, 0.1) is 0 Å². The Balaban J connectivity index is 1.68. The predicted octanol–water partition coefficient (Wildman–Crippen LogP) is 1.99. The Labute approximate surface area is 112 Å². The molecule has 100 valence electrons. The fraction of sp³-hybridized carbons (Fsp3) is 0.429. The summed E-state index contributed by atoms with van der Waals surface area (Å²) in [6, 6.07) is 8.12. The maximum absolute atomic E-state index is 5.88. The highest BCUT2D eigenvalue weighted by Gasteiger charge is 2.30. The van der Waals surface area contributed by atoms with Crippen molar-refractivity contribution in [2.75, 3.05) is 12.8 Å². The van der Waals surface area contributed by atoms with E-state index in [2.05, 4.69) is 22.4 Å². The van der Waals surface area contributed by atoms with Gasteiger partial charge in [-0.1, -0.05) is 17.3 Å². The number of aryl methyl sites for hydroxylation is 2. The van der Waals surface area contributed by atoms with Crippen LogP contribution in [0.5, 0.6) is 5.75 Å². The molecule has 1 aromatic carbocycles. The number of aromatic nitrogens is 3. The largest absolute Gasteiger partial charge is 0.497 e. The van der Waals surface area contributed by atoms with E-state index in [0.29, 0.717) is 11.7 Å². The second-order valence-corrected chi connectivity index (χ2v) is 4.96. The number of ether oxygens (including phenoxy) is 1. The van der Waals surface area contributed by atoms with Gasteiger partial charge in [0, 0.05) is 12.5 Å². The molecule has 3 rings (SSSR count). The first-order valence-corrected chi connectivity index (χ1v) is 6.59. The van der Waals surface area contributed by atoms with E-state index in [1.807, 2.05) is 16.8 Å². The summed E-state index contributed by atoms with van der Waals surface area (Å²) in [5.41, 5.74) is 8.26. The van der Waals surface area contributed by atoms with Gasteiger partial charge in [-0.3, -0.25) is 0 Å². The first-order chi connectivity index (χ1) is 9.28. The number of nitrogens with two attached hydrogens (primary N) is 1. The minimum absolute atomic E-state index is 0.575. The molecule has 0 bridgehead atoms. The molecule has 19 heavy (non-hydrogen) atoms. The van der Waals surface area contributed by atoms with Crippen LogP contribution in [-0.4, -0.2) is 22.1 Å². The van der Waals surface area contributed by atoms with Gasteiger partial charge in [-0.05, 0) is 37.0 Å². The Hall–Kier alpha value is -2.04. The zero-order chi connectivity index (χ0) is 13.2. The number of nitrogen functional groups attached to an aromatic ring is 1. The van der Waals surface area contributed by atoms with Gasteiger partial charge in [0.2, 0.25) is 0 Å². The molecular weight excluding hydrogens is 240 g/mol. The van der Waals surface area contributed by atoms with E-state index in [9.17, 15) is 0 Å². The van der Waals surface area contributed by atoms with Gasteiger partial charge in [0.15, 0.2) is 5.82 Å². The minimum Gasteiger partial charge on any atom is -0.497 e. The average Bonchev–Trinajstić information content (AvgIpc) is 3.21. The van der Waals surface area contributed by atoms with Gasteiger partial charge in [-0.15, -0.1) is 5.10 Å². The molecule has 2 N–H and O–H groups in total. The highest BCUT2D eigenvalue weighted by atomic mass is 16.5. The second-order valence-electron chi connectivity index (χ2n) is 4.96. The van der Waals surface area contributed by atoms with Crippen molar-refractivity contribution in [1.82, 2.24) is 15.0 Å². The fourth-order valence-corrected chi connectivity index (χ4v) is 2.30. The van der Waals surface area contributed by atoms with E-state index in [0.717, 1.165) is 24.4 Å². The summed E-state index contributed by atoms with van der Waals surface area (Å²) in [5.74, 6) is 2.05. The Morgan fingerprint density at radius 3 is 2.68 bits per heavy atom. The highest BCUT2D eigenvalue weighted by molar-refractivity contribution is 5.38. The van der Waals surface area contributed by atoms with Gasteiger partial charge in [0.05, 0.1) is 12.8 Å². The lowest BCUT2D eigenvalue weighted by atomic mass is 10.1. The molecule has 5 heteroatoms. The van der Waals surface area contributed by atoms with Crippen molar-refractivity contribution in [3.05, 3.63) is 35.5 Å². The number of hydrogen-bond acceptors (Lipinski definition) is 4. The number of hydrogen-bond donors (Lipinski definition) is 1. The lowest BCUT2D eigenvalue weighted by molar-refractivity contribution is 0.414. The van der Waals surface area contributed by atoms with Crippen molar-refractivity contribution in [3.63, 3.8) is 0 Å². The lowest BCUT2D eigenvalue weighted by Crippen LogP contribution is -2.07. The molecule has 1 fully saturated rings. The van der Waals surface area contributed by atoms with Crippen LogP contribution in [0.4, 0.5) is 5.82 Å². The fourth-order valence-electron chi connectivity index (χ4n) is 2.30. The van der Waals surface area contributed by atoms with Crippen LogP contribution in [0.25, 0.3) is 0 Å². The molecule has 0 spiro atoms. The normalized spacial score (nSPS) is 14.6. The van der Waals surface area contributed by atoms with Crippen molar-refractivity contribution in [3.8, 4) is 5.75 Å². The lowest BCUT2D eigenvalue weighted by Gasteiger charge is -2.06. The van der Waals surface area contributed by atoms with Crippen molar-refractivity contribution < 1.29 is 4.74 Å². The summed E-state index contributed by atoms with van der Waals surface area (Å²) in [5, 5.41) is 8.13. The van der Waals surface area contributed by atoms with Crippen molar-refractivity contribution in [1.29, 1.82) is 0 Å². The molecule has 0 amide bonds. The zero-order valence-electron chi connectivity index (χ0n) is 11.0. The van der Waals surface area contributed by atoms with Gasteiger partial charge in [-0.25, -0.2) is 4.68 Å². The first-order valence-electron chi connectivity index (χ1n) is 6.59. The summed E-state index contributed by atoms with van der Waals surface area (Å²) in [6.07, 6.45) is 3.34. The molecule has 1 saturated carbocycles. The monoisotopic (exact) mass is 258 g/mol. The van der Waals surface area contributed by atoms with Gasteiger partial charge in [0.25, 0.3) is 0 Å². The van der Waals surface area contributed by atoms with Crippen LogP contribution in [0.3, 0.4) is 0 Å². The van der Waals surface area contributed by atoms with E-state index in [-0.39, 0.29) is 0 Å². The Kier molecular flexibility index (Phi) is 3.11. The van der Waals surface area contributed by atoms with Gasteiger partial charge >= 0.3 is 0 Å². The predicted molar refractivity (Wildman–Crippen MR) is 73.1 cm³/mol. The maximum atomic E-state index is 5.88. The molecule has 0 atom stereocenters. The molecule has 0 radical (unpaired) electrons. The van der Waals surface area contributed by atoms with E-state index < -0.39 is 0 Å². The number of nitrogens with zero attached hydrogens (tertiary/aromatic N) is 3. The summed E-state index contributed by atoms with van der Waals surface area (Å²) in [7, 11) is 1.68. The van der Waals surface area contributed by atoms with E-state index in [4.69, 9.17) is 10.5 Å². The third kappa shape index (κ3) is 2.54. The molecule has 1 heterocycles. The van der Waals surface area contributed by atoms with E-state index >= 15 is 0 Å². The second kappa shape index (κ2) is 4.91. The van der Waals surface area contributed by atoms with Gasteiger partial charge in [0.1, 0.15) is 5.75 Å². The van der Waals surface area contributed by atoms with Crippen LogP contribution in [0.2, 0.25) is 0 Å². The van der Waals surface area contributed by atoms with Crippen LogP contribution in [0.1, 0.15) is 30.0 Å². The standard InChI is InChI=1S/C14H18N4O/c1-19-12-6-2-10(3-7-12)8-9-18-13(11-4-5-11)14(15)16-17-18/h2-3,6-7,11H,4-5,8-9,15H2,1H3. The summed E-state index contributed by atoms with van der Waals surface area (Å²) >= 11 is 0. The Morgan fingerprint density at radius 1 is 1.32 bits per heavy atom. The van der Waals surface area contributed by atoms with Crippen LogP contribution in [0.15, 0.2) is 24.3 Å². The number of rotatable bonds is 5. The quantitative estimate of drug-likeness (QED) is 0.890. The molecular formula is C14H18N4O. The van der Waals surface area contributed by atoms with Crippen LogP contribution >= 0.6 is 0 Å². The van der Waals surface area contributed by atoms with Crippen molar-refractivity contribution in [2.45, 2.75) is 31.7 Å². The van der Waals surface area contributed by atoms with Crippen LogP contribution < -0.4 is 10.5 Å². The molecule has 2 aromatic rings. The highest BCUT2D eigenvalue weighted by Crippen LogP contribution is 2.41. The van der Waals surface area contributed by atoms with E-state index in [1.54, 1.807) is 7.11 Å². The Morgan fingerprint density at radius 2 is 2.05 bits per heavy atom. The third-order valence-corrected chi connectivity index (χ3v) is 3.54. The Bertz CT molecular complexity index is 557. The molecule has 1 aliphatic rings. The smallest absolute Gasteiger partial charge is 0.169 e. The molecule has 0 unspecified atom stereocenters. The van der Waals surface area contributed by atoms with Gasteiger partial charge in [-0.2, -0.15) is 0 Å². The number of benzene rings is 1. The van der Waals surface area contributed by atoms with Gasteiger partial charge < -0.3 is 10.5 Å². The molecule has 1 aromatic heterocycles. The topological polar surface area (TPSA) is 66.0 Å². The maximum Gasteiger partial charge on any atom is 0.169 e. The van der Waals surface area contributed by atoms with Crippen molar-refractivity contribution >= 4 is 5.82 Å². The summed E-state index contributed by atoms with van der Waals surface area (Å²) < 4.78 is 7.11. The molecule has 5 nitrogen and oxygen atoms in total. The van der Waals surface area contributed by atoms with Crippen molar-refractivity contribution in [2.24, 2.45) is 0 Å². The summed E-state index contributed by atoms with van der Waals surface area (Å²) in [4.78, 5) is 0. The average molecular weight is 258 g/mol. The molecule has 0 saturated heterocycles. The minimum atomic E-state index is 0.575. The molecule has 0 aliphatic heterocycles. The van der Waals surface area contributed by atoms with E-state index in [1.165, 1.54) is 18.4 Å². The number of methoxy groups -OCH3 is 1. The first kappa shape index (κ1) is 12.0. The zero-order valence-corrected chi connectivity index (χ0v) is 11.0. The SMILES string of the molecule is COc1ccc(CCn2nnc(N)c2C2CC2)cc1.